The fraction of sp³-hybridized carbons (Fsp3) is 0.615. The van der Waals surface area contributed by atoms with Crippen LogP contribution in [0.5, 0.6) is 0 Å². The largest absolute Gasteiger partial charge is 0.471 e. The van der Waals surface area contributed by atoms with Gasteiger partial charge in [-0.3, -0.25) is 0 Å². The number of aliphatic hydroxyl groups excluding tert-OH is 1. The first-order chi connectivity index (χ1) is 8.53. The Morgan fingerprint density at radius 3 is 2.39 bits per heavy atom. The lowest BCUT2D eigenvalue weighted by Gasteiger charge is -2.19. The van der Waals surface area contributed by atoms with Crippen molar-refractivity contribution in [3.8, 4) is 0 Å². The molecule has 0 fully saturated rings. The molecule has 2 atom stereocenters. The standard InChI is InChI=1S/C10H18O3.C3H5FO/c1-4-6-7-9(8(3)11)13-10(12)5-2;1-2-5-3-4/h5,8-9,11H,2,4,6-7H2,1,3H3;2H,1,3H2. The topological polar surface area (TPSA) is 55.8 Å². The summed E-state index contributed by atoms with van der Waals surface area (Å²) in [5.41, 5.74) is 0. The number of esters is 1. The molecule has 4 nitrogen and oxygen atoms in total. The number of carbonyl (C=O) groups excluding carboxylic acids is 1. The van der Waals surface area contributed by atoms with Gasteiger partial charge in [0.1, 0.15) is 6.10 Å². The van der Waals surface area contributed by atoms with E-state index in [1.165, 1.54) is 0 Å². The summed E-state index contributed by atoms with van der Waals surface area (Å²) in [6.07, 6.45) is 3.82. The van der Waals surface area contributed by atoms with Crippen molar-refractivity contribution < 1.29 is 23.8 Å². The highest BCUT2D eigenvalue weighted by Crippen LogP contribution is 2.09. The molecule has 0 bridgehead atoms. The van der Waals surface area contributed by atoms with E-state index in [1.54, 1.807) is 6.92 Å². The van der Waals surface area contributed by atoms with Crippen molar-refractivity contribution in [1.29, 1.82) is 0 Å². The van der Waals surface area contributed by atoms with Crippen LogP contribution < -0.4 is 0 Å². The minimum Gasteiger partial charge on any atom is -0.471 e. The minimum atomic E-state index is -0.774. The molecule has 0 amide bonds. The molecule has 0 aromatic heterocycles. The van der Waals surface area contributed by atoms with Gasteiger partial charge in [-0.2, -0.15) is 0 Å². The van der Waals surface area contributed by atoms with Crippen LogP contribution in [0.4, 0.5) is 4.39 Å². The van der Waals surface area contributed by atoms with Crippen molar-refractivity contribution in [2.24, 2.45) is 0 Å². The van der Waals surface area contributed by atoms with Crippen LogP contribution in [0.3, 0.4) is 0 Å². The summed E-state index contributed by atoms with van der Waals surface area (Å²) in [5, 5.41) is 9.27. The third-order valence-electron chi connectivity index (χ3n) is 2.00. The molecular formula is C13H23FO4. The average molecular weight is 262 g/mol. The number of halogens is 1. The fourth-order valence-corrected chi connectivity index (χ4v) is 1.05. The summed E-state index contributed by atoms with van der Waals surface area (Å²) in [6.45, 7) is 9.28. The number of hydrogen-bond acceptors (Lipinski definition) is 4. The quantitative estimate of drug-likeness (QED) is 0.415. The second-order valence-electron chi connectivity index (χ2n) is 3.50. The molecule has 0 saturated heterocycles. The van der Waals surface area contributed by atoms with E-state index in [1.807, 2.05) is 0 Å². The molecule has 18 heavy (non-hydrogen) atoms. The van der Waals surface area contributed by atoms with Crippen LogP contribution in [0, 0.1) is 0 Å². The number of alkyl halides is 1. The van der Waals surface area contributed by atoms with Crippen LogP contribution in [-0.2, 0) is 14.3 Å². The van der Waals surface area contributed by atoms with Gasteiger partial charge < -0.3 is 14.6 Å². The first kappa shape index (κ1) is 19.0. The van der Waals surface area contributed by atoms with Gasteiger partial charge in [0.05, 0.1) is 12.4 Å². The van der Waals surface area contributed by atoms with E-state index in [9.17, 15) is 14.3 Å². The summed E-state index contributed by atoms with van der Waals surface area (Å²) in [5.74, 6) is -0.470. The van der Waals surface area contributed by atoms with Crippen molar-refractivity contribution in [2.75, 3.05) is 6.86 Å². The molecular weight excluding hydrogens is 239 g/mol. The zero-order valence-electron chi connectivity index (χ0n) is 11.1. The Labute approximate surface area is 108 Å². The van der Waals surface area contributed by atoms with Gasteiger partial charge in [-0.1, -0.05) is 26.5 Å². The molecule has 0 aromatic rings. The van der Waals surface area contributed by atoms with Gasteiger partial charge in [-0.25, -0.2) is 9.18 Å². The maximum atomic E-state index is 10.8. The Kier molecular flexibility index (Phi) is 14.5. The van der Waals surface area contributed by atoms with Crippen LogP contribution in [0.2, 0.25) is 0 Å². The van der Waals surface area contributed by atoms with E-state index in [0.717, 1.165) is 25.2 Å². The van der Waals surface area contributed by atoms with Gasteiger partial charge >= 0.3 is 5.97 Å². The molecule has 1 N–H and O–H groups in total. The van der Waals surface area contributed by atoms with Crippen molar-refractivity contribution in [3.63, 3.8) is 0 Å². The summed E-state index contributed by atoms with van der Waals surface area (Å²) in [7, 11) is 0. The lowest BCUT2D eigenvalue weighted by Crippen LogP contribution is -2.28. The maximum absolute atomic E-state index is 10.8. The second-order valence-corrected chi connectivity index (χ2v) is 3.50. The van der Waals surface area contributed by atoms with Crippen molar-refractivity contribution in [2.45, 2.75) is 45.3 Å². The van der Waals surface area contributed by atoms with E-state index in [2.05, 4.69) is 24.8 Å². The first-order valence-electron chi connectivity index (χ1n) is 5.82. The highest BCUT2D eigenvalue weighted by atomic mass is 19.1. The molecule has 0 spiro atoms. The van der Waals surface area contributed by atoms with Crippen LogP contribution in [0.1, 0.15) is 33.1 Å². The SMILES string of the molecule is C=CC(=O)OC(CCCC)C(C)O.C=COCF. The summed E-state index contributed by atoms with van der Waals surface area (Å²) >= 11 is 0. The van der Waals surface area contributed by atoms with Gasteiger partial charge in [-0.05, 0) is 19.8 Å². The van der Waals surface area contributed by atoms with Crippen molar-refractivity contribution in [3.05, 3.63) is 25.5 Å². The molecule has 0 heterocycles. The number of ether oxygens (including phenoxy) is 2. The Morgan fingerprint density at radius 2 is 2.11 bits per heavy atom. The van der Waals surface area contributed by atoms with E-state index in [0.29, 0.717) is 6.42 Å². The predicted molar refractivity (Wildman–Crippen MR) is 68.5 cm³/mol. The smallest absolute Gasteiger partial charge is 0.330 e. The third-order valence-corrected chi connectivity index (χ3v) is 2.00. The molecule has 0 aliphatic rings. The van der Waals surface area contributed by atoms with Crippen molar-refractivity contribution in [1.82, 2.24) is 0 Å². The molecule has 0 aliphatic carbocycles. The van der Waals surface area contributed by atoms with E-state index in [-0.39, 0.29) is 0 Å². The zero-order chi connectivity index (χ0) is 14.4. The highest BCUT2D eigenvalue weighted by Gasteiger charge is 2.17. The summed E-state index contributed by atoms with van der Waals surface area (Å²) in [4.78, 5) is 10.8. The normalized spacial score (nSPS) is 12.4. The lowest BCUT2D eigenvalue weighted by atomic mass is 10.1. The zero-order valence-corrected chi connectivity index (χ0v) is 11.1. The average Bonchev–Trinajstić information content (AvgIpc) is 2.35. The molecule has 0 saturated carbocycles. The molecule has 106 valence electrons. The molecule has 5 heteroatoms. The fourth-order valence-electron chi connectivity index (χ4n) is 1.05. The Bertz CT molecular complexity index is 229. The molecule has 0 aromatic carbocycles. The van der Waals surface area contributed by atoms with E-state index < -0.39 is 25.0 Å². The molecule has 0 rings (SSSR count). The number of carbonyl (C=O) groups is 1. The first-order valence-corrected chi connectivity index (χ1v) is 5.82. The van der Waals surface area contributed by atoms with Crippen LogP contribution in [0.25, 0.3) is 0 Å². The minimum absolute atomic E-state index is 0.398. The van der Waals surface area contributed by atoms with Crippen LogP contribution >= 0.6 is 0 Å². The Morgan fingerprint density at radius 1 is 1.50 bits per heavy atom. The van der Waals surface area contributed by atoms with Gasteiger partial charge in [0.25, 0.3) is 0 Å². The summed E-state index contributed by atoms with van der Waals surface area (Å²) in [6, 6.07) is 0. The predicted octanol–water partition coefficient (Wildman–Crippen LogP) is 2.73. The number of aliphatic hydroxyl groups is 1. The van der Waals surface area contributed by atoms with Gasteiger partial charge in [0.2, 0.25) is 6.86 Å². The highest BCUT2D eigenvalue weighted by molar-refractivity contribution is 5.81. The lowest BCUT2D eigenvalue weighted by molar-refractivity contribution is -0.148. The Hall–Kier alpha value is -1.36. The van der Waals surface area contributed by atoms with Gasteiger partial charge in [0, 0.05) is 6.08 Å². The number of hydrogen-bond donors (Lipinski definition) is 1. The molecule has 0 radical (unpaired) electrons. The monoisotopic (exact) mass is 262 g/mol. The number of unbranched alkanes of at least 4 members (excludes halogenated alkanes) is 1. The van der Waals surface area contributed by atoms with E-state index >= 15 is 0 Å². The van der Waals surface area contributed by atoms with Gasteiger partial charge in [-0.15, -0.1) is 0 Å². The maximum Gasteiger partial charge on any atom is 0.330 e. The number of rotatable bonds is 8. The summed E-state index contributed by atoms with van der Waals surface area (Å²) < 4.78 is 19.6. The Balaban J connectivity index is 0. The van der Waals surface area contributed by atoms with Crippen molar-refractivity contribution >= 4 is 5.97 Å². The van der Waals surface area contributed by atoms with E-state index in [4.69, 9.17) is 4.74 Å². The molecule has 0 aliphatic heterocycles. The third kappa shape index (κ3) is 12.7. The second kappa shape index (κ2) is 13.7. The van der Waals surface area contributed by atoms with Crippen LogP contribution in [0.15, 0.2) is 25.5 Å². The molecule has 2 unspecified atom stereocenters. The van der Waals surface area contributed by atoms with Crippen LogP contribution in [-0.4, -0.2) is 30.1 Å². The van der Waals surface area contributed by atoms with Gasteiger partial charge in [0.15, 0.2) is 0 Å².